The quantitative estimate of drug-likeness (QED) is 0.781. The first kappa shape index (κ1) is 15.2. The Morgan fingerprint density at radius 1 is 1.45 bits per heavy atom. The molecular formula is C15H22N2O2S. The highest BCUT2D eigenvalue weighted by Crippen LogP contribution is 2.36. The van der Waals surface area contributed by atoms with Crippen LogP contribution in [0.2, 0.25) is 0 Å². The van der Waals surface area contributed by atoms with Crippen molar-refractivity contribution in [3.05, 3.63) is 35.9 Å². The number of aliphatic hydroxyl groups excluding tert-OH is 1. The number of thioether (sulfide) groups is 1. The van der Waals surface area contributed by atoms with Gasteiger partial charge in [-0.3, -0.25) is 0 Å². The van der Waals surface area contributed by atoms with E-state index in [1.54, 1.807) is 0 Å². The van der Waals surface area contributed by atoms with Gasteiger partial charge in [0, 0.05) is 11.3 Å². The minimum absolute atomic E-state index is 0.108. The van der Waals surface area contributed by atoms with Crippen LogP contribution in [0.3, 0.4) is 0 Å². The number of carbonyl (C=O) groups excluding carboxylic acids is 1. The van der Waals surface area contributed by atoms with Crippen molar-refractivity contribution in [2.75, 3.05) is 18.9 Å². The van der Waals surface area contributed by atoms with Crippen molar-refractivity contribution >= 4 is 17.8 Å². The number of carbonyl (C=O) groups is 1. The molecule has 1 aliphatic heterocycles. The highest BCUT2D eigenvalue weighted by Gasteiger charge is 2.29. The predicted octanol–water partition coefficient (Wildman–Crippen LogP) is 2.30. The van der Waals surface area contributed by atoms with Crippen molar-refractivity contribution in [1.82, 2.24) is 10.6 Å². The number of benzene rings is 1. The zero-order chi connectivity index (χ0) is 14.4. The van der Waals surface area contributed by atoms with E-state index in [-0.39, 0.29) is 23.4 Å². The van der Waals surface area contributed by atoms with Crippen LogP contribution < -0.4 is 10.6 Å². The average Bonchev–Trinajstić information content (AvgIpc) is 2.91. The first-order valence-electron chi connectivity index (χ1n) is 6.97. The average molecular weight is 294 g/mol. The summed E-state index contributed by atoms with van der Waals surface area (Å²) in [7, 11) is 0. The van der Waals surface area contributed by atoms with Crippen LogP contribution in [0.15, 0.2) is 30.3 Å². The van der Waals surface area contributed by atoms with Gasteiger partial charge < -0.3 is 15.7 Å². The summed E-state index contributed by atoms with van der Waals surface area (Å²) in [5, 5.41) is 15.1. The minimum atomic E-state index is -0.361. The molecule has 3 N–H and O–H groups in total. The van der Waals surface area contributed by atoms with Gasteiger partial charge in [0.1, 0.15) is 0 Å². The second kappa shape index (κ2) is 6.99. The first-order chi connectivity index (χ1) is 9.63. The topological polar surface area (TPSA) is 61.4 Å². The summed E-state index contributed by atoms with van der Waals surface area (Å²) in [6.45, 7) is 2.74. The van der Waals surface area contributed by atoms with Crippen molar-refractivity contribution in [1.29, 1.82) is 0 Å². The van der Waals surface area contributed by atoms with E-state index in [0.29, 0.717) is 6.54 Å². The Bertz CT molecular complexity index is 433. The van der Waals surface area contributed by atoms with Crippen molar-refractivity contribution in [2.45, 2.75) is 30.6 Å². The molecule has 20 heavy (non-hydrogen) atoms. The van der Waals surface area contributed by atoms with E-state index in [4.69, 9.17) is 0 Å². The van der Waals surface area contributed by atoms with Gasteiger partial charge in [-0.15, -0.1) is 0 Å². The van der Waals surface area contributed by atoms with Gasteiger partial charge in [0.15, 0.2) is 0 Å². The molecule has 2 atom stereocenters. The van der Waals surface area contributed by atoms with E-state index in [1.807, 2.05) is 42.1 Å². The fourth-order valence-corrected chi connectivity index (χ4v) is 3.62. The van der Waals surface area contributed by atoms with Crippen LogP contribution >= 0.6 is 11.8 Å². The zero-order valence-corrected chi connectivity index (χ0v) is 12.6. The summed E-state index contributed by atoms with van der Waals surface area (Å²) in [4.78, 5) is 11.9. The Kier molecular flexibility index (Phi) is 5.31. The fraction of sp³-hybridized carbons (Fsp3) is 0.533. The van der Waals surface area contributed by atoms with Crippen molar-refractivity contribution in [3.63, 3.8) is 0 Å². The van der Waals surface area contributed by atoms with Crippen LogP contribution in [0.4, 0.5) is 4.79 Å². The molecule has 4 nitrogen and oxygen atoms in total. The molecule has 2 unspecified atom stereocenters. The summed E-state index contributed by atoms with van der Waals surface area (Å²) >= 11 is 1.92. The summed E-state index contributed by atoms with van der Waals surface area (Å²) in [5.74, 6) is 1.17. The SMILES string of the molecule is CC1(CNC(=O)NC(CO)c2ccccc2)CCCS1. The van der Waals surface area contributed by atoms with Crippen LogP contribution in [0, 0.1) is 0 Å². The lowest BCUT2D eigenvalue weighted by Gasteiger charge is -2.24. The minimum Gasteiger partial charge on any atom is -0.394 e. The summed E-state index contributed by atoms with van der Waals surface area (Å²) in [6.07, 6.45) is 2.35. The third kappa shape index (κ3) is 4.15. The van der Waals surface area contributed by atoms with Crippen LogP contribution in [0.25, 0.3) is 0 Å². The van der Waals surface area contributed by atoms with Gasteiger partial charge in [0.2, 0.25) is 0 Å². The van der Waals surface area contributed by atoms with Crippen LogP contribution in [0.1, 0.15) is 31.4 Å². The van der Waals surface area contributed by atoms with Crippen molar-refractivity contribution < 1.29 is 9.90 Å². The second-order valence-electron chi connectivity index (χ2n) is 5.37. The molecule has 1 fully saturated rings. The van der Waals surface area contributed by atoms with Gasteiger partial charge in [-0.2, -0.15) is 11.8 Å². The van der Waals surface area contributed by atoms with Gasteiger partial charge in [-0.1, -0.05) is 30.3 Å². The maximum atomic E-state index is 11.9. The largest absolute Gasteiger partial charge is 0.394 e. The highest BCUT2D eigenvalue weighted by atomic mass is 32.2. The van der Waals surface area contributed by atoms with Crippen LogP contribution in [0.5, 0.6) is 0 Å². The number of nitrogens with one attached hydrogen (secondary N) is 2. The smallest absolute Gasteiger partial charge is 0.315 e. The summed E-state index contributed by atoms with van der Waals surface area (Å²) in [6, 6.07) is 8.92. The van der Waals surface area contributed by atoms with E-state index < -0.39 is 0 Å². The molecule has 110 valence electrons. The Hall–Kier alpha value is -1.20. The maximum absolute atomic E-state index is 11.9. The molecule has 1 aromatic rings. The van der Waals surface area contributed by atoms with Gasteiger partial charge in [0.05, 0.1) is 12.6 Å². The lowest BCUT2D eigenvalue weighted by Crippen LogP contribution is -2.44. The van der Waals surface area contributed by atoms with E-state index in [9.17, 15) is 9.90 Å². The molecule has 2 rings (SSSR count). The fourth-order valence-electron chi connectivity index (χ4n) is 2.37. The number of aliphatic hydroxyl groups is 1. The van der Waals surface area contributed by atoms with E-state index in [0.717, 1.165) is 12.0 Å². The van der Waals surface area contributed by atoms with Crippen LogP contribution in [-0.4, -0.2) is 34.8 Å². The molecule has 0 saturated carbocycles. The molecule has 0 bridgehead atoms. The van der Waals surface area contributed by atoms with Gasteiger partial charge >= 0.3 is 6.03 Å². The van der Waals surface area contributed by atoms with E-state index in [1.165, 1.54) is 12.2 Å². The molecule has 0 spiro atoms. The lowest BCUT2D eigenvalue weighted by molar-refractivity contribution is 0.216. The van der Waals surface area contributed by atoms with Crippen molar-refractivity contribution in [2.24, 2.45) is 0 Å². The lowest BCUT2D eigenvalue weighted by atomic mass is 10.1. The molecular weight excluding hydrogens is 272 g/mol. The Labute approximate surface area is 124 Å². The predicted molar refractivity (Wildman–Crippen MR) is 82.9 cm³/mol. The van der Waals surface area contributed by atoms with E-state index in [2.05, 4.69) is 17.6 Å². The molecule has 1 heterocycles. The number of urea groups is 1. The standard InChI is InChI=1S/C15H22N2O2S/c1-15(8-5-9-20-15)11-16-14(19)17-13(10-18)12-6-3-2-4-7-12/h2-4,6-7,13,18H,5,8-11H2,1H3,(H2,16,17,19). The van der Waals surface area contributed by atoms with Gasteiger partial charge in [-0.05, 0) is 31.1 Å². The molecule has 0 radical (unpaired) electrons. The van der Waals surface area contributed by atoms with Gasteiger partial charge in [-0.25, -0.2) is 4.79 Å². The second-order valence-corrected chi connectivity index (χ2v) is 7.06. The Balaban J connectivity index is 1.83. The molecule has 1 saturated heterocycles. The first-order valence-corrected chi connectivity index (χ1v) is 7.96. The maximum Gasteiger partial charge on any atom is 0.315 e. The molecule has 2 amide bonds. The number of hydrogen-bond donors (Lipinski definition) is 3. The number of amides is 2. The zero-order valence-electron chi connectivity index (χ0n) is 11.8. The number of rotatable bonds is 5. The third-order valence-corrected chi connectivity index (χ3v) is 5.15. The van der Waals surface area contributed by atoms with Gasteiger partial charge in [0.25, 0.3) is 0 Å². The molecule has 5 heteroatoms. The number of hydrogen-bond acceptors (Lipinski definition) is 3. The molecule has 0 aliphatic carbocycles. The van der Waals surface area contributed by atoms with Crippen LogP contribution in [-0.2, 0) is 0 Å². The summed E-state index contributed by atoms with van der Waals surface area (Å²) in [5.41, 5.74) is 0.909. The van der Waals surface area contributed by atoms with Crippen molar-refractivity contribution in [3.8, 4) is 0 Å². The monoisotopic (exact) mass is 294 g/mol. The molecule has 1 aliphatic rings. The third-order valence-electron chi connectivity index (χ3n) is 3.61. The summed E-state index contributed by atoms with van der Waals surface area (Å²) < 4.78 is 0.152. The highest BCUT2D eigenvalue weighted by molar-refractivity contribution is 8.00. The van der Waals surface area contributed by atoms with E-state index >= 15 is 0 Å². The Morgan fingerprint density at radius 2 is 2.20 bits per heavy atom. The molecule has 1 aromatic carbocycles. The normalized spacial score (nSPS) is 23.3. The molecule has 0 aromatic heterocycles. The Morgan fingerprint density at radius 3 is 2.80 bits per heavy atom.